The lowest BCUT2D eigenvalue weighted by atomic mass is 10.0. The van der Waals surface area contributed by atoms with Gasteiger partial charge in [-0.2, -0.15) is 9.61 Å². The Bertz CT molecular complexity index is 1220. The first-order valence-electron chi connectivity index (χ1n) is 8.95. The summed E-state index contributed by atoms with van der Waals surface area (Å²) in [6.45, 7) is 0. The Morgan fingerprint density at radius 3 is 1.82 bits per heavy atom. The number of anilines is 2. The summed E-state index contributed by atoms with van der Waals surface area (Å²) in [5.41, 5.74) is 4.42. The molecule has 134 valence electrons. The van der Waals surface area contributed by atoms with Gasteiger partial charge in [-0.05, 0) is 12.1 Å². The molecule has 5 rings (SSSR count). The normalized spacial score (nSPS) is 10.9. The van der Waals surface area contributed by atoms with Gasteiger partial charge >= 0.3 is 0 Å². The smallest absolute Gasteiger partial charge is 0.274 e. The first-order valence-corrected chi connectivity index (χ1v) is 8.95. The second kappa shape index (κ2) is 6.92. The maximum absolute atomic E-state index is 4.84. The highest BCUT2D eigenvalue weighted by molar-refractivity contribution is 5.78. The first-order chi connectivity index (χ1) is 13.9. The van der Waals surface area contributed by atoms with Crippen LogP contribution in [0.3, 0.4) is 0 Å². The predicted octanol–water partition coefficient (Wildman–Crippen LogP) is 4.60. The van der Waals surface area contributed by atoms with Gasteiger partial charge in [0.25, 0.3) is 11.7 Å². The molecular formula is C22H16N6. The molecule has 0 unspecified atom stereocenters. The molecule has 0 spiro atoms. The van der Waals surface area contributed by atoms with Crippen molar-refractivity contribution in [1.82, 2.24) is 24.8 Å². The van der Waals surface area contributed by atoms with Gasteiger partial charge in [-0.25, -0.2) is 4.98 Å². The molecule has 0 saturated carbocycles. The van der Waals surface area contributed by atoms with Gasteiger partial charge in [-0.3, -0.25) is 0 Å². The Labute approximate surface area is 161 Å². The molecule has 0 bridgehead atoms. The van der Waals surface area contributed by atoms with E-state index in [-0.39, 0.29) is 0 Å². The molecule has 28 heavy (non-hydrogen) atoms. The molecule has 1 N–H and O–H groups in total. The van der Waals surface area contributed by atoms with Gasteiger partial charge in [0.2, 0.25) is 0 Å². The largest absolute Gasteiger partial charge is 0.323 e. The lowest BCUT2D eigenvalue weighted by Crippen LogP contribution is -2.04. The van der Waals surface area contributed by atoms with Crippen LogP contribution in [0.4, 0.5) is 11.6 Å². The molecule has 3 aromatic carbocycles. The van der Waals surface area contributed by atoms with E-state index in [1.54, 1.807) is 4.52 Å². The fraction of sp³-hybridized carbons (Fsp3) is 0. The van der Waals surface area contributed by atoms with Gasteiger partial charge < -0.3 is 5.32 Å². The van der Waals surface area contributed by atoms with Crippen LogP contribution in [0.1, 0.15) is 0 Å². The average molecular weight is 364 g/mol. The van der Waals surface area contributed by atoms with E-state index in [1.165, 1.54) is 0 Å². The second-order valence-electron chi connectivity index (χ2n) is 6.27. The predicted molar refractivity (Wildman–Crippen MR) is 109 cm³/mol. The SMILES string of the molecule is c1ccc(Nc2nnc3nc(-c4ccccc4)c(-c4ccccc4)nn23)cc1. The first kappa shape index (κ1) is 16.1. The molecule has 0 saturated heterocycles. The zero-order valence-corrected chi connectivity index (χ0v) is 14.9. The van der Waals surface area contributed by atoms with Crippen LogP contribution in [0.2, 0.25) is 0 Å². The molecule has 5 aromatic rings. The third kappa shape index (κ3) is 2.97. The van der Waals surface area contributed by atoms with Crippen molar-refractivity contribution in [1.29, 1.82) is 0 Å². The Morgan fingerprint density at radius 2 is 1.18 bits per heavy atom. The summed E-state index contributed by atoms with van der Waals surface area (Å²) in [5, 5.41) is 16.5. The van der Waals surface area contributed by atoms with Crippen molar-refractivity contribution in [3.8, 4) is 22.5 Å². The summed E-state index contributed by atoms with van der Waals surface area (Å²) >= 11 is 0. The van der Waals surface area contributed by atoms with Crippen molar-refractivity contribution in [2.75, 3.05) is 5.32 Å². The van der Waals surface area contributed by atoms with E-state index in [0.29, 0.717) is 11.7 Å². The maximum atomic E-state index is 4.84. The average Bonchev–Trinajstić information content (AvgIpc) is 3.16. The molecule has 0 aliphatic rings. The van der Waals surface area contributed by atoms with E-state index >= 15 is 0 Å². The zero-order valence-electron chi connectivity index (χ0n) is 14.9. The number of nitrogens with zero attached hydrogens (tertiary/aromatic N) is 5. The van der Waals surface area contributed by atoms with E-state index in [4.69, 9.17) is 10.1 Å². The number of rotatable bonds is 4. The van der Waals surface area contributed by atoms with Gasteiger partial charge in [0.05, 0.1) is 0 Å². The number of benzene rings is 3. The van der Waals surface area contributed by atoms with Crippen LogP contribution in [0.5, 0.6) is 0 Å². The number of fused-ring (bicyclic) bond motifs is 1. The molecule has 2 aromatic heterocycles. The van der Waals surface area contributed by atoms with Gasteiger partial charge in [-0.1, -0.05) is 78.9 Å². The Kier molecular flexibility index (Phi) is 3.99. The minimum absolute atomic E-state index is 0.442. The molecule has 0 atom stereocenters. The number of para-hydroxylation sites is 1. The highest BCUT2D eigenvalue weighted by Crippen LogP contribution is 2.29. The van der Waals surface area contributed by atoms with Gasteiger partial charge in [0, 0.05) is 16.8 Å². The molecule has 2 heterocycles. The number of aromatic nitrogens is 5. The molecule has 0 radical (unpaired) electrons. The third-order valence-corrected chi connectivity index (χ3v) is 4.38. The molecular weight excluding hydrogens is 348 g/mol. The zero-order chi connectivity index (χ0) is 18.8. The number of hydrogen-bond acceptors (Lipinski definition) is 5. The van der Waals surface area contributed by atoms with Crippen molar-refractivity contribution in [2.24, 2.45) is 0 Å². The standard InChI is InChI=1S/C22H16N6/c1-4-10-16(11-5-1)19-20(17-12-6-2-7-13-17)27-28-21(25-26-22(28)24-19)23-18-14-8-3-9-15-18/h1-15H,(H,23,25). The van der Waals surface area contributed by atoms with Crippen LogP contribution in [-0.4, -0.2) is 24.8 Å². The number of hydrogen-bond donors (Lipinski definition) is 1. The quantitative estimate of drug-likeness (QED) is 0.505. The van der Waals surface area contributed by atoms with Crippen LogP contribution < -0.4 is 5.32 Å². The Morgan fingerprint density at radius 1 is 0.607 bits per heavy atom. The van der Waals surface area contributed by atoms with E-state index < -0.39 is 0 Å². The van der Waals surface area contributed by atoms with Crippen molar-refractivity contribution >= 4 is 17.4 Å². The molecule has 0 amide bonds. The molecule has 0 aliphatic carbocycles. The molecule has 6 nitrogen and oxygen atoms in total. The van der Waals surface area contributed by atoms with Crippen LogP contribution in [-0.2, 0) is 0 Å². The van der Waals surface area contributed by atoms with Crippen molar-refractivity contribution in [3.05, 3.63) is 91.0 Å². The van der Waals surface area contributed by atoms with Gasteiger partial charge in [-0.15, -0.1) is 10.2 Å². The van der Waals surface area contributed by atoms with Gasteiger partial charge in [0.15, 0.2) is 0 Å². The van der Waals surface area contributed by atoms with E-state index in [1.807, 2.05) is 91.0 Å². The summed E-state index contributed by atoms with van der Waals surface area (Å²) in [7, 11) is 0. The van der Waals surface area contributed by atoms with Crippen molar-refractivity contribution < 1.29 is 0 Å². The Hall–Kier alpha value is -4.06. The van der Waals surface area contributed by atoms with Gasteiger partial charge in [0.1, 0.15) is 11.4 Å². The fourth-order valence-electron chi connectivity index (χ4n) is 3.05. The third-order valence-electron chi connectivity index (χ3n) is 4.38. The summed E-state index contributed by atoms with van der Waals surface area (Å²) in [4.78, 5) is 4.77. The van der Waals surface area contributed by atoms with Crippen molar-refractivity contribution in [2.45, 2.75) is 0 Å². The monoisotopic (exact) mass is 364 g/mol. The molecule has 0 aliphatic heterocycles. The van der Waals surface area contributed by atoms with Crippen molar-refractivity contribution in [3.63, 3.8) is 0 Å². The van der Waals surface area contributed by atoms with Crippen LogP contribution in [0, 0.1) is 0 Å². The highest BCUT2D eigenvalue weighted by Gasteiger charge is 2.16. The highest BCUT2D eigenvalue weighted by atomic mass is 15.4. The summed E-state index contributed by atoms with van der Waals surface area (Å²) in [6.07, 6.45) is 0. The fourth-order valence-corrected chi connectivity index (χ4v) is 3.05. The lowest BCUT2D eigenvalue weighted by Gasteiger charge is -2.10. The van der Waals surface area contributed by atoms with Crippen LogP contribution >= 0.6 is 0 Å². The minimum Gasteiger partial charge on any atom is -0.323 e. The van der Waals surface area contributed by atoms with E-state index in [0.717, 1.165) is 28.2 Å². The minimum atomic E-state index is 0.442. The summed E-state index contributed by atoms with van der Waals surface area (Å²) < 4.78 is 1.64. The molecule has 6 heteroatoms. The topological polar surface area (TPSA) is 68.0 Å². The summed E-state index contributed by atoms with van der Waals surface area (Å²) in [5.74, 6) is 0.961. The number of nitrogens with one attached hydrogen (secondary N) is 1. The van der Waals surface area contributed by atoms with E-state index in [9.17, 15) is 0 Å². The van der Waals surface area contributed by atoms with Crippen LogP contribution in [0.25, 0.3) is 28.3 Å². The summed E-state index contributed by atoms with van der Waals surface area (Å²) in [6, 6.07) is 29.8. The maximum Gasteiger partial charge on any atom is 0.274 e. The molecule has 0 fully saturated rings. The lowest BCUT2D eigenvalue weighted by molar-refractivity contribution is 0.916. The second-order valence-corrected chi connectivity index (χ2v) is 6.27. The Balaban J connectivity index is 1.70. The van der Waals surface area contributed by atoms with E-state index in [2.05, 4.69) is 15.5 Å². The van der Waals surface area contributed by atoms with Crippen LogP contribution in [0.15, 0.2) is 91.0 Å².